The Morgan fingerprint density at radius 2 is 2.22 bits per heavy atom. The summed E-state index contributed by atoms with van der Waals surface area (Å²) in [5.41, 5.74) is -0.793. The summed E-state index contributed by atoms with van der Waals surface area (Å²) in [6.07, 6.45) is 0.798. The molecule has 0 saturated carbocycles. The number of carbonyl (C=O) groups is 2. The van der Waals surface area contributed by atoms with Crippen molar-refractivity contribution in [1.82, 2.24) is 10.2 Å². The van der Waals surface area contributed by atoms with Crippen molar-refractivity contribution in [3.8, 4) is 0 Å². The van der Waals surface area contributed by atoms with Crippen molar-refractivity contribution in [1.29, 1.82) is 0 Å². The van der Waals surface area contributed by atoms with Crippen molar-refractivity contribution in [2.75, 3.05) is 6.54 Å². The van der Waals surface area contributed by atoms with Gasteiger partial charge >= 0.3 is 0 Å². The quantitative estimate of drug-likeness (QED) is 0.899. The van der Waals surface area contributed by atoms with Gasteiger partial charge in [-0.1, -0.05) is 6.07 Å². The van der Waals surface area contributed by atoms with Crippen LogP contribution < -0.4 is 5.32 Å². The number of nitrogens with zero attached hydrogens (tertiary/aromatic N) is 1. The summed E-state index contributed by atoms with van der Waals surface area (Å²) in [5.74, 6) is -0.0937. The third-order valence-corrected chi connectivity index (χ3v) is 4.07. The zero-order chi connectivity index (χ0) is 13.3. The average molecular weight is 266 g/mol. The molecule has 98 valence electrons. The van der Waals surface area contributed by atoms with Crippen LogP contribution in [0.1, 0.15) is 25.6 Å². The molecule has 0 bridgehead atoms. The largest absolute Gasteiger partial charge is 0.341 e. The fourth-order valence-corrected chi connectivity index (χ4v) is 3.04. The molecule has 1 atom stereocenters. The molecule has 1 unspecified atom stereocenters. The number of thiophene rings is 1. The number of piperazine rings is 1. The second kappa shape index (κ2) is 4.72. The highest BCUT2D eigenvalue weighted by molar-refractivity contribution is 7.09. The monoisotopic (exact) mass is 266 g/mol. The zero-order valence-electron chi connectivity index (χ0n) is 10.9. The van der Waals surface area contributed by atoms with E-state index in [9.17, 15) is 9.59 Å². The Labute approximate surface area is 111 Å². The number of rotatable bonds is 3. The minimum atomic E-state index is -0.793. The van der Waals surface area contributed by atoms with Crippen LogP contribution in [0.5, 0.6) is 0 Å². The number of hydrogen-bond acceptors (Lipinski definition) is 3. The van der Waals surface area contributed by atoms with E-state index in [1.807, 2.05) is 18.4 Å². The van der Waals surface area contributed by atoms with Crippen LogP contribution in [0.3, 0.4) is 0 Å². The molecule has 1 aromatic rings. The molecule has 4 nitrogen and oxygen atoms in total. The Balaban J connectivity index is 2.11. The second-order valence-corrected chi connectivity index (χ2v) is 6.27. The van der Waals surface area contributed by atoms with Gasteiger partial charge in [-0.3, -0.25) is 9.59 Å². The number of amides is 2. The lowest BCUT2D eigenvalue weighted by Crippen LogP contribution is -2.65. The minimum absolute atomic E-state index is 0.00819. The lowest BCUT2D eigenvalue weighted by molar-refractivity contribution is -0.150. The first-order valence-electron chi connectivity index (χ1n) is 6.04. The molecule has 2 amide bonds. The van der Waals surface area contributed by atoms with Gasteiger partial charge in [0.25, 0.3) is 0 Å². The van der Waals surface area contributed by atoms with E-state index in [1.54, 1.807) is 30.1 Å². The first-order chi connectivity index (χ1) is 8.40. The van der Waals surface area contributed by atoms with Gasteiger partial charge in [0.15, 0.2) is 0 Å². The Kier molecular flexibility index (Phi) is 3.43. The molecule has 5 heteroatoms. The number of nitrogens with one attached hydrogen (secondary N) is 1. The summed E-state index contributed by atoms with van der Waals surface area (Å²) in [7, 11) is 0. The van der Waals surface area contributed by atoms with Crippen LogP contribution in [0.4, 0.5) is 0 Å². The summed E-state index contributed by atoms with van der Waals surface area (Å²) in [6.45, 7) is 5.65. The van der Waals surface area contributed by atoms with E-state index in [-0.39, 0.29) is 24.4 Å². The van der Waals surface area contributed by atoms with Crippen molar-refractivity contribution in [2.45, 2.75) is 38.8 Å². The van der Waals surface area contributed by atoms with E-state index < -0.39 is 5.54 Å². The molecular weight excluding hydrogens is 248 g/mol. The highest BCUT2D eigenvalue weighted by atomic mass is 32.1. The topological polar surface area (TPSA) is 49.4 Å². The number of hydrogen-bond donors (Lipinski definition) is 1. The van der Waals surface area contributed by atoms with Gasteiger partial charge in [0.05, 0.1) is 6.54 Å². The minimum Gasteiger partial charge on any atom is -0.341 e. The highest BCUT2D eigenvalue weighted by Crippen LogP contribution is 2.19. The van der Waals surface area contributed by atoms with Crippen LogP contribution in [0.2, 0.25) is 0 Å². The fourth-order valence-electron chi connectivity index (χ4n) is 2.21. The van der Waals surface area contributed by atoms with Gasteiger partial charge < -0.3 is 10.2 Å². The van der Waals surface area contributed by atoms with Gasteiger partial charge in [0, 0.05) is 17.3 Å². The van der Waals surface area contributed by atoms with E-state index in [4.69, 9.17) is 0 Å². The molecule has 0 radical (unpaired) electrons. The summed E-state index contributed by atoms with van der Waals surface area (Å²) < 4.78 is 0. The molecule has 0 aliphatic carbocycles. The molecule has 1 aliphatic rings. The van der Waals surface area contributed by atoms with Crippen molar-refractivity contribution in [2.24, 2.45) is 0 Å². The van der Waals surface area contributed by atoms with Gasteiger partial charge in [-0.25, -0.2) is 0 Å². The smallest absolute Gasteiger partial charge is 0.248 e. The molecule has 1 fully saturated rings. The molecule has 1 saturated heterocycles. The fraction of sp³-hybridized carbons (Fsp3) is 0.538. The van der Waals surface area contributed by atoms with Crippen molar-refractivity contribution in [3.05, 3.63) is 22.4 Å². The predicted molar refractivity (Wildman–Crippen MR) is 71.4 cm³/mol. The zero-order valence-corrected chi connectivity index (χ0v) is 11.7. The first kappa shape index (κ1) is 13.1. The van der Waals surface area contributed by atoms with Gasteiger partial charge in [0.1, 0.15) is 5.54 Å². The van der Waals surface area contributed by atoms with Gasteiger partial charge in [-0.05, 0) is 32.2 Å². The molecular formula is C13H18N2O2S. The Hall–Kier alpha value is -1.36. The lowest BCUT2D eigenvalue weighted by atomic mass is 9.98. The standard InChI is InChI=1S/C13H18N2O2S/c1-9(7-10-5-4-6-18-10)15-8-11(16)14-13(2,3)12(15)17/h4-6,9H,7-8H2,1-3H3,(H,14,16). The SMILES string of the molecule is CC(Cc1cccs1)N1CC(=O)NC(C)(C)C1=O. The summed E-state index contributed by atoms with van der Waals surface area (Å²) in [6, 6.07) is 4.10. The molecule has 18 heavy (non-hydrogen) atoms. The van der Waals surface area contributed by atoms with Crippen LogP contribution in [0.25, 0.3) is 0 Å². The summed E-state index contributed by atoms with van der Waals surface area (Å²) in [5, 5.41) is 4.75. The normalized spacial score (nSPS) is 20.7. The Morgan fingerprint density at radius 3 is 2.83 bits per heavy atom. The summed E-state index contributed by atoms with van der Waals surface area (Å²) >= 11 is 1.68. The van der Waals surface area contributed by atoms with E-state index in [2.05, 4.69) is 11.4 Å². The van der Waals surface area contributed by atoms with Gasteiger partial charge in [-0.15, -0.1) is 11.3 Å². The Bertz CT molecular complexity index is 454. The molecule has 0 spiro atoms. The van der Waals surface area contributed by atoms with E-state index in [0.717, 1.165) is 6.42 Å². The van der Waals surface area contributed by atoms with Crippen molar-refractivity contribution < 1.29 is 9.59 Å². The Morgan fingerprint density at radius 1 is 1.50 bits per heavy atom. The van der Waals surface area contributed by atoms with Crippen LogP contribution >= 0.6 is 11.3 Å². The first-order valence-corrected chi connectivity index (χ1v) is 6.92. The molecule has 1 N–H and O–H groups in total. The molecule has 2 heterocycles. The van der Waals surface area contributed by atoms with Crippen molar-refractivity contribution >= 4 is 23.2 Å². The molecule has 1 aliphatic heterocycles. The third-order valence-electron chi connectivity index (χ3n) is 3.17. The molecule has 0 aromatic carbocycles. The van der Waals surface area contributed by atoms with E-state index in [0.29, 0.717) is 0 Å². The highest BCUT2D eigenvalue weighted by Gasteiger charge is 2.40. The van der Waals surface area contributed by atoms with Gasteiger partial charge in [-0.2, -0.15) is 0 Å². The van der Waals surface area contributed by atoms with E-state index in [1.165, 1.54) is 4.88 Å². The third kappa shape index (κ3) is 2.56. The maximum absolute atomic E-state index is 12.3. The summed E-state index contributed by atoms with van der Waals surface area (Å²) in [4.78, 5) is 26.8. The average Bonchev–Trinajstić information content (AvgIpc) is 2.75. The van der Waals surface area contributed by atoms with Crippen molar-refractivity contribution in [3.63, 3.8) is 0 Å². The van der Waals surface area contributed by atoms with Crippen LogP contribution in [0.15, 0.2) is 17.5 Å². The number of carbonyl (C=O) groups excluding carboxylic acids is 2. The van der Waals surface area contributed by atoms with Crippen LogP contribution in [-0.4, -0.2) is 34.8 Å². The van der Waals surface area contributed by atoms with Crippen LogP contribution in [0, 0.1) is 0 Å². The molecule has 1 aromatic heterocycles. The maximum Gasteiger partial charge on any atom is 0.248 e. The van der Waals surface area contributed by atoms with E-state index >= 15 is 0 Å². The lowest BCUT2D eigenvalue weighted by Gasteiger charge is -2.40. The van der Waals surface area contributed by atoms with Gasteiger partial charge in [0.2, 0.25) is 11.8 Å². The molecule has 2 rings (SSSR count). The second-order valence-electron chi connectivity index (χ2n) is 5.24. The maximum atomic E-state index is 12.3. The predicted octanol–water partition coefficient (Wildman–Crippen LogP) is 1.42. The van der Waals surface area contributed by atoms with Crippen LogP contribution in [-0.2, 0) is 16.0 Å².